The number of carbonyl (C=O) groups excluding carboxylic acids is 1. The number of carboxylic acids is 1. The van der Waals surface area contributed by atoms with E-state index in [2.05, 4.69) is 6.58 Å². The monoisotopic (exact) mass is 336 g/mol. The number of hydrogen-bond donors (Lipinski definition) is 1. The summed E-state index contributed by atoms with van der Waals surface area (Å²) in [5.41, 5.74) is 2.35. The summed E-state index contributed by atoms with van der Waals surface area (Å²) in [7, 11) is 0. The van der Waals surface area contributed by atoms with E-state index in [1.807, 2.05) is 31.2 Å². The molecule has 2 aromatic rings. The average molecular weight is 336 g/mol. The molecule has 0 aliphatic carbocycles. The summed E-state index contributed by atoms with van der Waals surface area (Å²) in [6.07, 6.45) is 4.16. The van der Waals surface area contributed by atoms with Gasteiger partial charge in [-0.05, 0) is 36.8 Å². The molecule has 0 amide bonds. The molecule has 25 heavy (non-hydrogen) atoms. The third-order valence-electron chi connectivity index (χ3n) is 3.62. The molecule has 0 aliphatic rings. The second-order valence-corrected chi connectivity index (χ2v) is 5.48. The minimum Gasteiger partial charge on any atom is -0.493 e. The van der Waals surface area contributed by atoms with Crippen molar-refractivity contribution in [3.8, 4) is 5.75 Å². The molecule has 4 heteroatoms. The number of benzene rings is 2. The number of hydrogen-bond acceptors (Lipinski definition) is 3. The fourth-order valence-corrected chi connectivity index (χ4v) is 2.21. The van der Waals surface area contributed by atoms with Gasteiger partial charge in [-0.15, -0.1) is 0 Å². The minimum absolute atomic E-state index is 0.0576. The van der Waals surface area contributed by atoms with Crippen LogP contribution < -0.4 is 4.74 Å². The fourth-order valence-electron chi connectivity index (χ4n) is 2.21. The van der Waals surface area contributed by atoms with Gasteiger partial charge in [-0.2, -0.15) is 0 Å². The summed E-state index contributed by atoms with van der Waals surface area (Å²) in [5.74, 6) is -0.499. The second kappa shape index (κ2) is 8.64. The van der Waals surface area contributed by atoms with Crippen molar-refractivity contribution < 1.29 is 19.4 Å². The zero-order valence-corrected chi connectivity index (χ0v) is 14.1. The van der Waals surface area contributed by atoms with E-state index in [9.17, 15) is 9.59 Å². The molecule has 2 rings (SSSR count). The van der Waals surface area contributed by atoms with Crippen molar-refractivity contribution in [1.82, 2.24) is 0 Å². The van der Waals surface area contributed by atoms with Gasteiger partial charge in [0.05, 0.1) is 6.61 Å². The van der Waals surface area contributed by atoms with Gasteiger partial charge < -0.3 is 9.84 Å². The molecule has 0 radical (unpaired) electrons. The van der Waals surface area contributed by atoms with Crippen LogP contribution in [0.15, 0.2) is 66.8 Å². The number of allylic oxidation sites excluding steroid dienone is 1. The first kappa shape index (κ1) is 18.2. The summed E-state index contributed by atoms with van der Waals surface area (Å²) in [4.78, 5) is 23.1. The lowest BCUT2D eigenvalue weighted by Crippen LogP contribution is -2.05. The Hall–Kier alpha value is -3.14. The summed E-state index contributed by atoms with van der Waals surface area (Å²) in [6, 6.07) is 14.2. The molecule has 4 nitrogen and oxygen atoms in total. The van der Waals surface area contributed by atoms with Gasteiger partial charge in [-0.1, -0.05) is 43.0 Å². The van der Waals surface area contributed by atoms with E-state index in [1.165, 1.54) is 0 Å². The van der Waals surface area contributed by atoms with Gasteiger partial charge in [0.15, 0.2) is 5.78 Å². The van der Waals surface area contributed by atoms with E-state index < -0.39 is 5.97 Å². The summed E-state index contributed by atoms with van der Waals surface area (Å²) in [5, 5.41) is 8.74. The van der Waals surface area contributed by atoms with Crippen LogP contribution in [-0.2, 0) is 4.79 Å². The molecule has 0 fully saturated rings. The minimum atomic E-state index is -1.02. The lowest BCUT2D eigenvalue weighted by Gasteiger charge is -2.07. The van der Waals surface area contributed by atoms with E-state index in [0.717, 1.165) is 5.56 Å². The highest BCUT2D eigenvalue weighted by molar-refractivity contribution is 6.09. The van der Waals surface area contributed by atoms with Gasteiger partial charge in [-0.25, -0.2) is 4.79 Å². The van der Waals surface area contributed by atoms with Crippen LogP contribution >= 0.6 is 0 Å². The molecular weight excluding hydrogens is 316 g/mol. The Morgan fingerprint density at radius 1 is 1.04 bits per heavy atom. The normalized spacial score (nSPS) is 10.6. The van der Waals surface area contributed by atoms with Crippen molar-refractivity contribution in [3.05, 3.63) is 83.4 Å². The Morgan fingerprint density at radius 3 is 2.12 bits per heavy atom. The number of aliphatic carboxylic acids is 1. The molecule has 1 N–H and O–H groups in total. The smallest absolute Gasteiger partial charge is 0.331 e. The highest BCUT2D eigenvalue weighted by Crippen LogP contribution is 2.17. The molecule has 0 aliphatic heterocycles. The van der Waals surface area contributed by atoms with Crippen LogP contribution in [0.3, 0.4) is 0 Å². The van der Waals surface area contributed by atoms with Crippen molar-refractivity contribution in [2.75, 3.05) is 6.61 Å². The van der Waals surface area contributed by atoms with Crippen molar-refractivity contribution >= 4 is 17.8 Å². The zero-order chi connectivity index (χ0) is 18.2. The molecule has 0 unspecified atom stereocenters. The van der Waals surface area contributed by atoms with Gasteiger partial charge >= 0.3 is 5.97 Å². The van der Waals surface area contributed by atoms with Crippen LogP contribution in [-0.4, -0.2) is 23.5 Å². The summed E-state index contributed by atoms with van der Waals surface area (Å²) < 4.78 is 5.47. The third kappa shape index (κ3) is 5.18. The van der Waals surface area contributed by atoms with E-state index in [0.29, 0.717) is 16.9 Å². The Labute approximate surface area is 147 Å². The molecule has 2 aromatic carbocycles. The molecule has 0 atom stereocenters. The zero-order valence-electron chi connectivity index (χ0n) is 14.1. The number of ketones is 1. The number of carboxylic acid groups (broad SMARTS) is 1. The van der Waals surface area contributed by atoms with Crippen LogP contribution in [0.25, 0.3) is 6.08 Å². The molecular formula is C21H20O4. The molecule has 128 valence electrons. The fraction of sp³-hybridized carbons (Fsp3) is 0.143. The topological polar surface area (TPSA) is 63.6 Å². The molecule has 0 saturated carbocycles. The Bertz CT molecular complexity index is 784. The van der Waals surface area contributed by atoms with Gasteiger partial charge in [0.2, 0.25) is 0 Å². The first-order valence-corrected chi connectivity index (χ1v) is 7.92. The van der Waals surface area contributed by atoms with Crippen molar-refractivity contribution in [2.24, 2.45) is 0 Å². The third-order valence-corrected chi connectivity index (χ3v) is 3.62. The Kier molecular flexibility index (Phi) is 6.29. The van der Waals surface area contributed by atoms with Gasteiger partial charge in [0, 0.05) is 23.1 Å². The van der Waals surface area contributed by atoms with Gasteiger partial charge in [0.1, 0.15) is 5.75 Å². The maximum Gasteiger partial charge on any atom is 0.331 e. The van der Waals surface area contributed by atoms with E-state index in [4.69, 9.17) is 9.84 Å². The maximum atomic E-state index is 12.5. The average Bonchev–Trinajstić information content (AvgIpc) is 2.62. The standard InChI is InChI=1S/C21H20O4/c1-3-4-16-5-7-17(8-6-16)20(22)18-9-11-19(12-10-18)25-14-13-15(2)21(23)24/h3-12H,2,13-14H2,1H3,(H,23,24)/b4-3+. The van der Waals surface area contributed by atoms with Crippen LogP contribution in [0.1, 0.15) is 34.8 Å². The van der Waals surface area contributed by atoms with Crippen LogP contribution in [0.5, 0.6) is 5.75 Å². The quantitative estimate of drug-likeness (QED) is 0.574. The van der Waals surface area contributed by atoms with E-state index >= 15 is 0 Å². The van der Waals surface area contributed by atoms with Crippen molar-refractivity contribution in [3.63, 3.8) is 0 Å². The predicted molar refractivity (Wildman–Crippen MR) is 97.9 cm³/mol. The van der Waals surface area contributed by atoms with Crippen LogP contribution in [0, 0.1) is 0 Å². The molecule has 0 spiro atoms. The van der Waals surface area contributed by atoms with Crippen LogP contribution in [0.4, 0.5) is 0 Å². The first-order chi connectivity index (χ1) is 12.0. The van der Waals surface area contributed by atoms with Gasteiger partial charge in [-0.3, -0.25) is 4.79 Å². The largest absolute Gasteiger partial charge is 0.493 e. The predicted octanol–water partition coefficient (Wildman–Crippen LogP) is 4.36. The molecule has 0 aromatic heterocycles. The number of rotatable bonds is 8. The Morgan fingerprint density at radius 2 is 1.60 bits per heavy atom. The van der Waals surface area contributed by atoms with E-state index in [1.54, 1.807) is 36.4 Å². The highest BCUT2D eigenvalue weighted by atomic mass is 16.5. The lowest BCUT2D eigenvalue weighted by atomic mass is 10.0. The van der Waals surface area contributed by atoms with Crippen molar-refractivity contribution in [2.45, 2.75) is 13.3 Å². The van der Waals surface area contributed by atoms with Gasteiger partial charge in [0.25, 0.3) is 0 Å². The molecule has 0 heterocycles. The first-order valence-electron chi connectivity index (χ1n) is 7.92. The maximum absolute atomic E-state index is 12.5. The molecule has 0 bridgehead atoms. The Balaban J connectivity index is 1.97. The second-order valence-electron chi connectivity index (χ2n) is 5.48. The highest BCUT2D eigenvalue weighted by Gasteiger charge is 2.09. The summed E-state index contributed by atoms with van der Waals surface area (Å²) >= 11 is 0. The SMILES string of the molecule is C=C(CCOc1ccc(C(=O)c2ccc(/C=C/C)cc2)cc1)C(=O)O. The van der Waals surface area contributed by atoms with Crippen molar-refractivity contribution in [1.29, 1.82) is 0 Å². The summed E-state index contributed by atoms with van der Waals surface area (Å²) in [6.45, 7) is 5.62. The van der Waals surface area contributed by atoms with Crippen LogP contribution in [0.2, 0.25) is 0 Å². The molecule has 0 saturated heterocycles. The lowest BCUT2D eigenvalue weighted by molar-refractivity contribution is -0.132. The number of carbonyl (C=O) groups is 2. The van der Waals surface area contributed by atoms with E-state index in [-0.39, 0.29) is 24.4 Å². The number of ether oxygens (including phenoxy) is 1.